The van der Waals surface area contributed by atoms with Gasteiger partial charge >= 0.3 is 0 Å². The molecule has 2 rings (SSSR count). The second kappa shape index (κ2) is 6.93. The number of hydrogen-bond acceptors (Lipinski definition) is 3. The number of aryl methyl sites for hydroxylation is 1. The van der Waals surface area contributed by atoms with E-state index in [0.717, 1.165) is 18.6 Å². The molecule has 2 atom stereocenters. The summed E-state index contributed by atoms with van der Waals surface area (Å²) in [5, 5.41) is 12.4. The van der Waals surface area contributed by atoms with Crippen LogP contribution in [0.15, 0.2) is 47.1 Å². The van der Waals surface area contributed by atoms with E-state index in [1.54, 1.807) is 6.26 Å². The molecule has 0 bridgehead atoms. The molecule has 0 aliphatic carbocycles. The van der Waals surface area contributed by atoms with Crippen molar-refractivity contribution >= 4 is 0 Å². The quantitative estimate of drug-likeness (QED) is 0.866. The third-order valence-corrected chi connectivity index (χ3v) is 3.48. The number of nitriles is 1. The molecule has 0 saturated heterocycles. The lowest BCUT2D eigenvalue weighted by Crippen LogP contribution is -2.29. The first-order valence-corrected chi connectivity index (χ1v) is 6.97. The summed E-state index contributed by atoms with van der Waals surface area (Å²) in [7, 11) is 0. The van der Waals surface area contributed by atoms with Crippen molar-refractivity contribution in [3.05, 3.63) is 59.5 Å². The Morgan fingerprint density at radius 3 is 2.55 bits per heavy atom. The van der Waals surface area contributed by atoms with E-state index >= 15 is 0 Å². The molecule has 20 heavy (non-hydrogen) atoms. The molecule has 3 heteroatoms. The Bertz CT molecular complexity index is 552. The smallest absolute Gasteiger partial charge is 0.103 e. The minimum absolute atomic E-state index is 0.273. The van der Waals surface area contributed by atoms with Crippen LogP contribution in [0.5, 0.6) is 0 Å². The summed E-state index contributed by atoms with van der Waals surface area (Å²) in [6.45, 7) is 4.33. The van der Waals surface area contributed by atoms with Gasteiger partial charge in [0, 0.05) is 18.5 Å². The van der Waals surface area contributed by atoms with Crippen LogP contribution < -0.4 is 5.32 Å². The minimum Gasteiger partial charge on any atom is -0.469 e. The van der Waals surface area contributed by atoms with Crippen LogP contribution in [-0.4, -0.2) is 6.04 Å². The molecule has 0 radical (unpaired) electrons. The molecule has 0 aliphatic rings. The number of rotatable bonds is 6. The van der Waals surface area contributed by atoms with Gasteiger partial charge in [-0.25, -0.2) is 0 Å². The Morgan fingerprint density at radius 2 is 1.95 bits per heavy atom. The molecule has 2 unspecified atom stereocenters. The second-order valence-electron chi connectivity index (χ2n) is 5.14. The highest BCUT2D eigenvalue weighted by Crippen LogP contribution is 2.15. The van der Waals surface area contributed by atoms with E-state index in [-0.39, 0.29) is 6.04 Å². The topological polar surface area (TPSA) is 49.0 Å². The zero-order valence-corrected chi connectivity index (χ0v) is 12.0. The molecule has 0 aliphatic heterocycles. The molecular formula is C17H20N2O. The first-order chi connectivity index (χ1) is 9.69. The standard InChI is InChI=1S/C17H20N2O/c1-13(5-10-17-4-3-11-20-17)19-14(2)16-8-6-15(12-18)7-9-16/h3-4,6-9,11,13-14,19H,5,10H2,1-2H3. The summed E-state index contributed by atoms with van der Waals surface area (Å²) in [5.41, 5.74) is 1.90. The van der Waals surface area contributed by atoms with Gasteiger partial charge < -0.3 is 9.73 Å². The van der Waals surface area contributed by atoms with Gasteiger partial charge in [-0.3, -0.25) is 0 Å². The lowest BCUT2D eigenvalue weighted by molar-refractivity contribution is 0.430. The summed E-state index contributed by atoms with van der Waals surface area (Å²) in [6.07, 6.45) is 3.70. The fraction of sp³-hybridized carbons (Fsp3) is 0.353. The van der Waals surface area contributed by atoms with Gasteiger partial charge in [0.05, 0.1) is 17.9 Å². The van der Waals surface area contributed by atoms with Crippen LogP contribution in [0, 0.1) is 11.3 Å². The molecule has 1 N–H and O–H groups in total. The van der Waals surface area contributed by atoms with Crippen molar-refractivity contribution in [2.75, 3.05) is 0 Å². The Hall–Kier alpha value is -2.05. The molecule has 1 aromatic heterocycles. The Morgan fingerprint density at radius 1 is 1.20 bits per heavy atom. The highest BCUT2D eigenvalue weighted by molar-refractivity contribution is 5.32. The monoisotopic (exact) mass is 268 g/mol. The summed E-state index contributed by atoms with van der Waals surface area (Å²) in [6, 6.07) is 14.5. The van der Waals surface area contributed by atoms with Gasteiger partial charge in [0.15, 0.2) is 0 Å². The third kappa shape index (κ3) is 3.97. The van der Waals surface area contributed by atoms with E-state index < -0.39 is 0 Å². The Kier molecular flexibility index (Phi) is 4.97. The highest BCUT2D eigenvalue weighted by Gasteiger charge is 2.10. The van der Waals surface area contributed by atoms with Crippen LogP contribution >= 0.6 is 0 Å². The predicted octanol–water partition coefficient (Wildman–Crippen LogP) is 3.82. The van der Waals surface area contributed by atoms with Crippen molar-refractivity contribution in [3.8, 4) is 6.07 Å². The normalized spacial score (nSPS) is 13.7. The lowest BCUT2D eigenvalue weighted by atomic mass is 10.0. The van der Waals surface area contributed by atoms with Gasteiger partial charge in [-0.15, -0.1) is 0 Å². The molecule has 1 heterocycles. The van der Waals surface area contributed by atoms with Gasteiger partial charge in [0.1, 0.15) is 5.76 Å². The zero-order valence-electron chi connectivity index (χ0n) is 12.0. The van der Waals surface area contributed by atoms with Crippen molar-refractivity contribution < 1.29 is 4.42 Å². The molecule has 0 fully saturated rings. The minimum atomic E-state index is 0.273. The zero-order chi connectivity index (χ0) is 14.4. The maximum Gasteiger partial charge on any atom is 0.103 e. The number of benzene rings is 1. The van der Waals surface area contributed by atoms with E-state index in [0.29, 0.717) is 11.6 Å². The largest absolute Gasteiger partial charge is 0.469 e. The van der Waals surface area contributed by atoms with E-state index in [9.17, 15) is 0 Å². The van der Waals surface area contributed by atoms with Crippen LogP contribution in [0.1, 0.15) is 43.2 Å². The summed E-state index contributed by atoms with van der Waals surface area (Å²) >= 11 is 0. The summed E-state index contributed by atoms with van der Waals surface area (Å²) in [5.74, 6) is 1.03. The van der Waals surface area contributed by atoms with E-state index in [1.807, 2.05) is 36.4 Å². The molecule has 0 spiro atoms. The Labute approximate surface area is 120 Å². The summed E-state index contributed by atoms with van der Waals surface area (Å²) < 4.78 is 5.34. The average Bonchev–Trinajstić information content (AvgIpc) is 2.98. The van der Waals surface area contributed by atoms with E-state index in [1.165, 1.54) is 5.56 Å². The molecule has 3 nitrogen and oxygen atoms in total. The number of hydrogen-bond donors (Lipinski definition) is 1. The van der Waals surface area contributed by atoms with Crippen molar-refractivity contribution in [3.63, 3.8) is 0 Å². The van der Waals surface area contributed by atoms with Gasteiger partial charge in [-0.1, -0.05) is 12.1 Å². The van der Waals surface area contributed by atoms with Crippen LogP contribution in [-0.2, 0) is 6.42 Å². The number of furan rings is 1. The molecular weight excluding hydrogens is 248 g/mol. The average molecular weight is 268 g/mol. The first kappa shape index (κ1) is 14.4. The van der Waals surface area contributed by atoms with Gasteiger partial charge in [-0.05, 0) is 50.1 Å². The second-order valence-corrected chi connectivity index (χ2v) is 5.14. The fourth-order valence-electron chi connectivity index (χ4n) is 2.27. The molecule has 0 saturated carbocycles. The van der Waals surface area contributed by atoms with Gasteiger partial charge in [-0.2, -0.15) is 5.26 Å². The van der Waals surface area contributed by atoms with Crippen LogP contribution in [0.3, 0.4) is 0 Å². The van der Waals surface area contributed by atoms with Gasteiger partial charge in [0.25, 0.3) is 0 Å². The number of nitrogens with one attached hydrogen (secondary N) is 1. The van der Waals surface area contributed by atoms with Crippen LogP contribution in [0.2, 0.25) is 0 Å². The summed E-state index contributed by atoms with van der Waals surface area (Å²) in [4.78, 5) is 0. The SMILES string of the molecule is CC(CCc1ccco1)NC(C)c1ccc(C#N)cc1. The maximum atomic E-state index is 8.80. The maximum absolute atomic E-state index is 8.80. The van der Waals surface area contributed by atoms with Crippen molar-refractivity contribution in [1.29, 1.82) is 5.26 Å². The molecule has 2 aromatic rings. The Balaban J connectivity index is 1.83. The van der Waals surface area contributed by atoms with Crippen molar-refractivity contribution in [1.82, 2.24) is 5.32 Å². The fourth-order valence-corrected chi connectivity index (χ4v) is 2.27. The van der Waals surface area contributed by atoms with E-state index in [2.05, 4.69) is 25.2 Å². The number of nitrogens with zero attached hydrogens (tertiary/aromatic N) is 1. The van der Waals surface area contributed by atoms with Crippen molar-refractivity contribution in [2.45, 2.75) is 38.8 Å². The lowest BCUT2D eigenvalue weighted by Gasteiger charge is -2.20. The highest BCUT2D eigenvalue weighted by atomic mass is 16.3. The van der Waals surface area contributed by atoms with E-state index in [4.69, 9.17) is 9.68 Å². The van der Waals surface area contributed by atoms with Crippen LogP contribution in [0.25, 0.3) is 0 Å². The van der Waals surface area contributed by atoms with Gasteiger partial charge in [0.2, 0.25) is 0 Å². The van der Waals surface area contributed by atoms with Crippen molar-refractivity contribution in [2.24, 2.45) is 0 Å². The molecule has 1 aromatic carbocycles. The molecule has 0 amide bonds. The first-order valence-electron chi connectivity index (χ1n) is 6.97. The molecule has 104 valence electrons. The van der Waals surface area contributed by atoms with Crippen LogP contribution in [0.4, 0.5) is 0 Å². The predicted molar refractivity (Wildman–Crippen MR) is 79.2 cm³/mol. The third-order valence-electron chi connectivity index (χ3n) is 3.48.